The maximum atomic E-state index is 11.9. The highest BCUT2D eigenvalue weighted by atomic mass is 16.2. The monoisotopic (exact) mass is 246 g/mol. The van der Waals surface area contributed by atoms with Crippen molar-refractivity contribution in [1.29, 1.82) is 0 Å². The summed E-state index contributed by atoms with van der Waals surface area (Å²) in [5.41, 5.74) is 1.69. The van der Waals surface area contributed by atoms with E-state index in [-0.39, 0.29) is 18.5 Å². The molecule has 0 aliphatic carbocycles. The molecule has 96 valence electrons. The zero-order valence-corrected chi connectivity index (χ0v) is 10.9. The standard InChI is InChI=1S/C13H18N4O/c1-9(2)10(3)14-13(18)8-17-12-7-5-4-6-11(12)15-16-17/h4-7,9-10H,8H2,1-3H3,(H,14,18)/t10-/m0/s1. The average molecular weight is 246 g/mol. The number of para-hydroxylation sites is 1. The molecule has 18 heavy (non-hydrogen) atoms. The summed E-state index contributed by atoms with van der Waals surface area (Å²) in [6.07, 6.45) is 0. The van der Waals surface area contributed by atoms with Crippen LogP contribution in [0.2, 0.25) is 0 Å². The van der Waals surface area contributed by atoms with Crippen molar-refractivity contribution in [3.63, 3.8) is 0 Å². The molecular formula is C13H18N4O. The van der Waals surface area contributed by atoms with Gasteiger partial charge in [0, 0.05) is 6.04 Å². The molecule has 1 N–H and O–H groups in total. The number of rotatable bonds is 4. The molecule has 0 saturated heterocycles. The van der Waals surface area contributed by atoms with E-state index in [0.717, 1.165) is 11.0 Å². The number of hydrogen-bond acceptors (Lipinski definition) is 3. The quantitative estimate of drug-likeness (QED) is 0.891. The van der Waals surface area contributed by atoms with Crippen molar-refractivity contribution in [2.45, 2.75) is 33.4 Å². The second-order valence-corrected chi connectivity index (χ2v) is 4.84. The molecule has 0 spiro atoms. The summed E-state index contributed by atoms with van der Waals surface area (Å²) in [5, 5.41) is 11.0. The van der Waals surface area contributed by atoms with Gasteiger partial charge < -0.3 is 5.32 Å². The van der Waals surface area contributed by atoms with E-state index in [4.69, 9.17) is 0 Å². The Labute approximate surface area is 106 Å². The average Bonchev–Trinajstić information content (AvgIpc) is 2.72. The van der Waals surface area contributed by atoms with E-state index >= 15 is 0 Å². The topological polar surface area (TPSA) is 59.8 Å². The van der Waals surface area contributed by atoms with E-state index in [9.17, 15) is 4.79 Å². The Kier molecular flexibility index (Phi) is 3.60. The van der Waals surface area contributed by atoms with Crippen LogP contribution in [0.15, 0.2) is 24.3 Å². The van der Waals surface area contributed by atoms with Crippen LogP contribution >= 0.6 is 0 Å². The van der Waals surface area contributed by atoms with E-state index in [1.54, 1.807) is 4.68 Å². The van der Waals surface area contributed by atoms with Crippen molar-refractivity contribution >= 4 is 16.9 Å². The van der Waals surface area contributed by atoms with Crippen molar-refractivity contribution < 1.29 is 4.79 Å². The molecule has 0 bridgehead atoms. The van der Waals surface area contributed by atoms with Gasteiger partial charge in [-0.2, -0.15) is 0 Å². The van der Waals surface area contributed by atoms with Gasteiger partial charge in [0.05, 0.1) is 5.52 Å². The van der Waals surface area contributed by atoms with Crippen LogP contribution in [-0.2, 0) is 11.3 Å². The molecule has 1 aromatic heterocycles. The zero-order chi connectivity index (χ0) is 13.1. The molecule has 1 heterocycles. The number of fused-ring (bicyclic) bond motifs is 1. The van der Waals surface area contributed by atoms with Gasteiger partial charge in [-0.3, -0.25) is 4.79 Å². The lowest BCUT2D eigenvalue weighted by atomic mass is 10.1. The summed E-state index contributed by atoms with van der Waals surface area (Å²) in [7, 11) is 0. The molecule has 1 amide bonds. The number of hydrogen-bond donors (Lipinski definition) is 1. The first-order valence-electron chi connectivity index (χ1n) is 6.15. The molecule has 0 radical (unpaired) electrons. The van der Waals surface area contributed by atoms with Gasteiger partial charge in [0.25, 0.3) is 0 Å². The summed E-state index contributed by atoms with van der Waals surface area (Å²) in [5.74, 6) is 0.383. The van der Waals surface area contributed by atoms with Gasteiger partial charge in [0.1, 0.15) is 12.1 Å². The van der Waals surface area contributed by atoms with Crippen LogP contribution in [0.1, 0.15) is 20.8 Å². The smallest absolute Gasteiger partial charge is 0.242 e. The van der Waals surface area contributed by atoms with Crippen LogP contribution in [0.5, 0.6) is 0 Å². The van der Waals surface area contributed by atoms with Crippen molar-refractivity contribution in [2.75, 3.05) is 0 Å². The van der Waals surface area contributed by atoms with Gasteiger partial charge in [0.2, 0.25) is 5.91 Å². The van der Waals surface area contributed by atoms with Crippen LogP contribution in [0.3, 0.4) is 0 Å². The summed E-state index contributed by atoms with van der Waals surface area (Å²) in [4.78, 5) is 11.9. The molecule has 0 fully saturated rings. The van der Waals surface area contributed by atoms with Gasteiger partial charge in [-0.25, -0.2) is 4.68 Å². The second kappa shape index (κ2) is 5.16. The normalized spacial score (nSPS) is 12.9. The van der Waals surface area contributed by atoms with Gasteiger partial charge in [-0.05, 0) is 25.0 Å². The van der Waals surface area contributed by atoms with E-state index < -0.39 is 0 Å². The van der Waals surface area contributed by atoms with E-state index in [0.29, 0.717) is 5.92 Å². The summed E-state index contributed by atoms with van der Waals surface area (Å²) < 4.78 is 1.62. The lowest BCUT2D eigenvalue weighted by Crippen LogP contribution is -2.38. The Morgan fingerprint density at radius 3 is 2.78 bits per heavy atom. The van der Waals surface area contributed by atoms with Crippen molar-refractivity contribution in [1.82, 2.24) is 20.3 Å². The molecule has 2 aromatic rings. The molecule has 5 nitrogen and oxygen atoms in total. The van der Waals surface area contributed by atoms with Gasteiger partial charge in [0.15, 0.2) is 0 Å². The van der Waals surface area contributed by atoms with Crippen LogP contribution in [0, 0.1) is 5.92 Å². The third-order valence-electron chi connectivity index (χ3n) is 3.10. The van der Waals surface area contributed by atoms with Gasteiger partial charge >= 0.3 is 0 Å². The number of carbonyl (C=O) groups excluding carboxylic acids is 1. The molecule has 5 heteroatoms. The van der Waals surface area contributed by atoms with E-state index in [1.807, 2.05) is 31.2 Å². The van der Waals surface area contributed by atoms with Crippen LogP contribution < -0.4 is 5.32 Å². The van der Waals surface area contributed by atoms with Crippen LogP contribution in [0.25, 0.3) is 11.0 Å². The minimum Gasteiger partial charge on any atom is -0.352 e. The third-order valence-corrected chi connectivity index (χ3v) is 3.10. The lowest BCUT2D eigenvalue weighted by molar-refractivity contribution is -0.122. The Balaban J connectivity index is 2.07. The first-order chi connectivity index (χ1) is 8.58. The number of nitrogens with one attached hydrogen (secondary N) is 1. The maximum Gasteiger partial charge on any atom is 0.242 e. The highest BCUT2D eigenvalue weighted by molar-refractivity contribution is 5.79. The van der Waals surface area contributed by atoms with E-state index in [2.05, 4.69) is 29.5 Å². The number of nitrogens with zero attached hydrogens (tertiary/aromatic N) is 3. The summed E-state index contributed by atoms with van der Waals surface area (Å²) in [6, 6.07) is 7.77. The Hall–Kier alpha value is -1.91. The predicted octanol–water partition coefficient (Wildman–Crippen LogP) is 1.59. The highest BCUT2D eigenvalue weighted by Crippen LogP contribution is 2.09. The van der Waals surface area contributed by atoms with Crippen molar-refractivity contribution in [3.05, 3.63) is 24.3 Å². The third kappa shape index (κ3) is 2.67. The minimum absolute atomic E-state index is 0.0353. The largest absolute Gasteiger partial charge is 0.352 e. The van der Waals surface area contributed by atoms with Crippen LogP contribution in [0.4, 0.5) is 0 Å². The fourth-order valence-corrected chi connectivity index (χ4v) is 1.64. The lowest BCUT2D eigenvalue weighted by Gasteiger charge is -2.17. The zero-order valence-electron chi connectivity index (χ0n) is 10.9. The molecule has 0 aliphatic rings. The van der Waals surface area contributed by atoms with Crippen molar-refractivity contribution in [3.8, 4) is 0 Å². The number of carbonyl (C=O) groups is 1. The fraction of sp³-hybridized carbons (Fsp3) is 0.462. The number of amides is 1. The van der Waals surface area contributed by atoms with Crippen LogP contribution in [-0.4, -0.2) is 26.9 Å². The highest BCUT2D eigenvalue weighted by Gasteiger charge is 2.12. The SMILES string of the molecule is CC(C)[C@H](C)NC(=O)Cn1nnc2ccccc21. The fourth-order valence-electron chi connectivity index (χ4n) is 1.64. The Morgan fingerprint density at radius 1 is 1.33 bits per heavy atom. The summed E-state index contributed by atoms with van der Waals surface area (Å²) >= 11 is 0. The maximum absolute atomic E-state index is 11.9. The van der Waals surface area contributed by atoms with Gasteiger partial charge in [-0.15, -0.1) is 5.10 Å². The Bertz CT molecular complexity index is 547. The molecule has 1 aromatic carbocycles. The minimum atomic E-state index is -0.0353. The molecular weight excluding hydrogens is 228 g/mol. The van der Waals surface area contributed by atoms with E-state index in [1.165, 1.54) is 0 Å². The molecule has 0 saturated carbocycles. The molecule has 1 atom stereocenters. The molecule has 0 unspecified atom stereocenters. The second-order valence-electron chi connectivity index (χ2n) is 4.84. The molecule has 0 aliphatic heterocycles. The first-order valence-corrected chi connectivity index (χ1v) is 6.15. The first kappa shape index (κ1) is 12.5. The van der Waals surface area contributed by atoms with Gasteiger partial charge in [-0.1, -0.05) is 31.2 Å². The summed E-state index contributed by atoms with van der Waals surface area (Å²) in [6.45, 7) is 6.37. The predicted molar refractivity (Wildman–Crippen MR) is 70.0 cm³/mol. The molecule has 2 rings (SSSR count). The van der Waals surface area contributed by atoms with Crippen molar-refractivity contribution in [2.24, 2.45) is 5.92 Å². The number of benzene rings is 1. The number of aromatic nitrogens is 3. The Morgan fingerprint density at radius 2 is 2.06 bits per heavy atom.